The molecule has 0 radical (unpaired) electrons. The first kappa shape index (κ1) is 21.1. The molecule has 1 aliphatic rings. The fourth-order valence-corrected chi connectivity index (χ4v) is 4.37. The van der Waals surface area contributed by atoms with Crippen molar-refractivity contribution in [1.82, 2.24) is 15.4 Å². The Morgan fingerprint density at radius 1 is 1.25 bits per heavy atom. The molecule has 0 atom stereocenters. The number of hydrogen-bond acceptors (Lipinski definition) is 6. The standard InChI is InChI=1S/C16H15Cl2F3N4O2S/c17-9-5-10(18)7-11(6-9)25-3-1-12(2-4-25)28-14-13(22-24-23-14)8-27-15(26)16(19,20)21/h5-7,12H,1-4,8H2,(H,22,23,24). The zero-order valence-electron chi connectivity index (χ0n) is 14.3. The van der Waals surface area contributed by atoms with Crippen LogP contribution in [-0.2, 0) is 16.1 Å². The van der Waals surface area contributed by atoms with E-state index in [0.29, 0.717) is 15.1 Å². The smallest absolute Gasteiger partial charge is 0.452 e. The Bertz CT molecular complexity index is 821. The average molecular weight is 455 g/mol. The minimum Gasteiger partial charge on any atom is -0.452 e. The van der Waals surface area contributed by atoms with E-state index in [9.17, 15) is 18.0 Å². The van der Waals surface area contributed by atoms with Crippen LogP contribution in [0.4, 0.5) is 18.9 Å². The Morgan fingerprint density at radius 3 is 2.50 bits per heavy atom. The summed E-state index contributed by atoms with van der Waals surface area (Å²) < 4.78 is 41.0. The molecule has 12 heteroatoms. The molecule has 1 aromatic heterocycles. The maximum absolute atomic E-state index is 12.2. The number of ether oxygens (including phenoxy) is 1. The minimum absolute atomic E-state index is 0.202. The summed E-state index contributed by atoms with van der Waals surface area (Å²) >= 11 is 13.5. The number of anilines is 1. The van der Waals surface area contributed by atoms with E-state index in [-0.39, 0.29) is 10.9 Å². The number of rotatable bonds is 5. The molecular formula is C16H15Cl2F3N4O2S. The van der Waals surface area contributed by atoms with Crippen molar-refractivity contribution in [2.75, 3.05) is 18.0 Å². The SMILES string of the molecule is O=C(OCc1[nH]nnc1SC1CCN(c2cc(Cl)cc(Cl)c2)CC1)C(F)(F)F. The molecule has 2 heterocycles. The van der Waals surface area contributed by atoms with Gasteiger partial charge in [-0.3, -0.25) is 5.10 Å². The van der Waals surface area contributed by atoms with E-state index in [4.69, 9.17) is 23.2 Å². The van der Waals surface area contributed by atoms with Crippen molar-refractivity contribution >= 4 is 46.6 Å². The molecule has 1 saturated heterocycles. The lowest BCUT2D eigenvalue weighted by molar-refractivity contribution is -0.201. The van der Waals surface area contributed by atoms with Crippen LogP contribution in [0.25, 0.3) is 0 Å². The molecule has 6 nitrogen and oxygen atoms in total. The summed E-state index contributed by atoms with van der Waals surface area (Å²) in [5.74, 6) is -2.24. The summed E-state index contributed by atoms with van der Waals surface area (Å²) in [6.45, 7) is 0.975. The molecule has 0 unspecified atom stereocenters. The van der Waals surface area contributed by atoms with Crippen LogP contribution in [0.2, 0.25) is 10.0 Å². The van der Waals surface area contributed by atoms with Gasteiger partial charge in [0.2, 0.25) is 0 Å². The maximum Gasteiger partial charge on any atom is 0.490 e. The summed E-state index contributed by atoms with van der Waals surface area (Å²) in [6, 6.07) is 5.38. The Hall–Kier alpha value is -1.65. The molecule has 152 valence electrons. The monoisotopic (exact) mass is 454 g/mol. The zero-order valence-corrected chi connectivity index (χ0v) is 16.6. The summed E-state index contributed by atoms with van der Waals surface area (Å²) in [7, 11) is 0. The number of esters is 1. The Kier molecular flexibility index (Phi) is 6.61. The van der Waals surface area contributed by atoms with Crippen molar-refractivity contribution in [3.63, 3.8) is 0 Å². The van der Waals surface area contributed by atoms with Crippen molar-refractivity contribution in [1.29, 1.82) is 0 Å². The van der Waals surface area contributed by atoms with Crippen LogP contribution in [0.5, 0.6) is 0 Å². The highest BCUT2D eigenvalue weighted by molar-refractivity contribution is 7.99. The van der Waals surface area contributed by atoms with Gasteiger partial charge in [-0.15, -0.1) is 5.10 Å². The number of thioether (sulfide) groups is 1. The number of aromatic nitrogens is 3. The van der Waals surface area contributed by atoms with Gasteiger partial charge < -0.3 is 9.64 Å². The number of H-pyrrole nitrogens is 1. The topological polar surface area (TPSA) is 71.1 Å². The number of aromatic amines is 1. The van der Waals surface area contributed by atoms with Gasteiger partial charge in [-0.25, -0.2) is 4.79 Å². The first-order valence-corrected chi connectivity index (χ1v) is 9.87. The minimum atomic E-state index is -5.03. The normalized spacial score (nSPS) is 15.7. The number of carbonyl (C=O) groups excluding carboxylic acids is 1. The van der Waals surface area contributed by atoms with Gasteiger partial charge in [-0.1, -0.05) is 40.2 Å². The lowest BCUT2D eigenvalue weighted by Gasteiger charge is -2.33. The van der Waals surface area contributed by atoms with Crippen LogP contribution < -0.4 is 4.90 Å². The van der Waals surface area contributed by atoms with Crippen molar-refractivity contribution in [3.8, 4) is 0 Å². The molecule has 1 N–H and O–H groups in total. The van der Waals surface area contributed by atoms with Crippen LogP contribution in [0, 0.1) is 0 Å². The molecule has 1 aromatic carbocycles. The Labute approximate surface area is 172 Å². The third kappa shape index (κ3) is 5.45. The number of alkyl halides is 3. The second-order valence-electron chi connectivity index (χ2n) is 6.10. The van der Waals surface area contributed by atoms with Gasteiger partial charge in [0.05, 0.1) is 0 Å². The number of carbonyl (C=O) groups is 1. The molecule has 0 spiro atoms. The second kappa shape index (κ2) is 8.79. The predicted molar refractivity (Wildman–Crippen MR) is 99.8 cm³/mol. The molecule has 0 aliphatic carbocycles. The first-order valence-electron chi connectivity index (χ1n) is 8.24. The highest BCUT2D eigenvalue weighted by atomic mass is 35.5. The summed E-state index contributed by atoms with van der Waals surface area (Å²) in [6.07, 6.45) is -3.39. The molecule has 1 fully saturated rings. The zero-order chi connectivity index (χ0) is 20.3. The number of piperidine rings is 1. The average Bonchev–Trinajstić information content (AvgIpc) is 3.05. The van der Waals surface area contributed by atoms with Crippen molar-refractivity contribution in [3.05, 3.63) is 33.9 Å². The van der Waals surface area contributed by atoms with Gasteiger partial charge in [-0.05, 0) is 31.0 Å². The van der Waals surface area contributed by atoms with E-state index >= 15 is 0 Å². The highest BCUT2D eigenvalue weighted by Crippen LogP contribution is 2.34. The number of benzene rings is 1. The predicted octanol–water partition coefficient (Wildman–Crippen LogP) is 4.48. The van der Waals surface area contributed by atoms with E-state index in [0.717, 1.165) is 31.6 Å². The Morgan fingerprint density at radius 2 is 1.89 bits per heavy atom. The second-order valence-corrected chi connectivity index (χ2v) is 8.26. The number of hydrogen-bond donors (Lipinski definition) is 1. The number of nitrogens with zero attached hydrogens (tertiary/aromatic N) is 3. The van der Waals surface area contributed by atoms with Crippen LogP contribution in [0.15, 0.2) is 23.2 Å². The summed E-state index contributed by atoms with van der Waals surface area (Å²) in [5, 5.41) is 11.7. The summed E-state index contributed by atoms with van der Waals surface area (Å²) in [4.78, 5) is 13.0. The molecule has 0 amide bonds. The quantitative estimate of drug-likeness (QED) is 0.671. The van der Waals surface area contributed by atoms with Crippen molar-refractivity contribution in [2.45, 2.75) is 35.9 Å². The molecule has 1 aliphatic heterocycles. The fraction of sp³-hybridized carbons (Fsp3) is 0.438. The largest absolute Gasteiger partial charge is 0.490 e. The molecular weight excluding hydrogens is 440 g/mol. The summed E-state index contributed by atoms with van der Waals surface area (Å²) in [5.41, 5.74) is 1.19. The third-order valence-corrected chi connectivity index (χ3v) is 5.89. The molecule has 0 saturated carbocycles. The van der Waals surface area contributed by atoms with Crippen LogP contribution in [0.1, 0.15) is 18.5 Å². The van der Waals surface area contributed by atoms with E-state index in [1.165, 1.54) is 11.8 Å². The molecule has 2 aromatic rings. The molecule has 0 bridgehead atoms. The highest BCUT2D eigenvalue weighted by Gasteiger charge is 2.41. The van der Waals surface area contributed by atoms with Crippen molar-refractivity contribution in [2.24, 2.45) is 0 Å². The van der Waals surface area contributed by atoms with Gasteiger partial charge in [0.1, 0.15) is 17.3 Å². The van der Waals surface area contributed by atoms with Crippen molar-refractivity contribution < 1.29 is 22.7 Å². The first-order chi connectivity index (χ1) is 13.2. The van der Waals surface area contributed by atoms with Gasteiger partial charge in [0, 0.05) is 34.1 Å². The molecule has 28 heavy (non-hydrogen) atoms. The van der Waals surface area contributed by atoms with Crippen LogP contribution >= 0.6 is 35.0 Å². The third-order valence-electron chi connectivity index (χ3n) is 4.10. The van der Waals surface area contributed by atoms with E-state index in [2.05, 4.69) is 25.0 Å². The lowest BCUT2D eigenvalue weighted by atomic mass is 10.1. The van der Waals surface area contributed by atoms with Gasteiger partial charge in [-0.2, -0.15) is 13.2 Å². The van der Waals surface area contributed by atoms with Gasteiger partial charge in [0.15, 0.2) is 0 Å². The number of halogens is 5. The fourth-order valence-electron chi connectivity index (χ4n) is 2.76. The number of nitrogens with one attached hydrogen (secondary N) is 1. The van der Waals surface area contributed by atoms with E-state index in [1.807, 2.05) is 12.1 Å². The molecule has 3 rings (SSSR count). The van der Waals surface area contributed by atoms with Gasteiger partial charge >= 0.3 is 12.1 Å². The Balaban J connectivity index is 1.54. The van der Waals surface area contributed by atoms with E-state index in [1.54, 1.807) is 6.07 Å². The maximum atomic E-state index is 12.2. The van der Waals surface area contributed by atoms with E-state index < -0.39 is 18.8 Å². The van der Waals surface area contributed by atoms with Crippen LogP contribution in [-0.4, -0.2) is 45.9 Å². The van der Waals surface area contributed by atoms with Gasteiger partial charge in [0.25, 0.3) is 0 Å². The van der Waals surface area contributed by atoms with Crippen LogP contribution in [0.3, 0.4) is 0 Å². The lowest BCUT2D eigenvalue weighted by Crippen LogP contribution is -2.34.